The maximum Gasteiger partial charge on any atom is 0.0491 e. The van der Waals surface area contributed by atoms with E-state index in [2.05, 4.69) is 108 Å². The van der Waals surface area contributed by atoms with Crippen LogP contribution in [0.3, 0.4) is 0 Å². The molecule has 0 unspecified atom stereocenters. The van der Waals surface area contributed by atoms with Crippen LogP contribution in [-0.2, 0) is 25.9 Å². The van der Waals surface area contributed by atoms with E-state index < -0.39 is 0 Å². The third-order valence-corrected chi connectivity index (χ3v) is 7.24. The Morgan fingerprint density at radius 1 is 0.485 bits per heavy atom. The Morgan fingerprint density at radius 2 is 0.909 bits per heavy atom. The van der Waals surface area contributed by atoms with Crippen molar-refractivity contribution in [3.8, 4) is 0 Å². The molecule has 4 aromatic carbocycles. The number of nitrogens with zero attached hydrogens (tertiary/aromatic N) is 2. The molecule has 0 fully saturated rings. The molecule has 6 rings (SSSR count). The lowest BCUT2D eigenvalue weighted by molar-refractivity contribution is 0.816. The van der Waals surface area contributed by atoms with Crippen molar-refractivity contribution in [1.82, 2.24) is 9.13 Å². The number of hydrogen-bond donors (Lipinski definition) is 0. The van der Waals surface area contributed by atoms with Crippen LogP contribution in [0.15, 0.2) is 84.9 Å². The smallest absolute Gasteiger partial charge is 0.0491 e. The fraction of sp³-hybridized carbons (Fsp3) is 0.226. The molecule has 6 aromatic rings. The Labute approximate surface area is 195 Å². The maximum absolute atomic E-state index is 2.43. The lowest BCUT2D eigenvalue weighted by Crippen LogP contribution is -1.94. The number of aryl methyl sites for hydroxylation is 4. The van der Waals surface area contributed by atoms with Crippen molar-refractivity contribution in [1.29, 1.82) is 0 Å². The summed E-state index contributed by atoms with van der Waals surface area (Å²) >= 11 is 0. The molecule has 0 N–H and O–H groups in total. The lowest BCUT2D eigenvalue weighted by atomic mass is 10.0. The number of aromatic nitrogens is 2. The van der Waals surface area contributed by atoms with Crippen LogP contribution in [0.2, 0.25) is 0 Å². The first kappa shape index (κ1) is 20.1. The minimum atomic E-state index is 1.00. The van der Waals surface area contributed by atoms with Gasteiger partial charge in [0, 0.05) is 56.7 Å². The summed E-state index contributed by atoms with van der Waals surface area (Å²) in [6.07, 6.45) is 3.38. The molecule has 164 valence electrons. The van der Waals surface area contributed by atoms with E-state index in [1.54, 1.807) is 0 Å². The van der Waals surface area contributed by atoms with Crippen molar-refractivity contribution in [2.24, 2.45) is 0 Å². The number of fused-ring (bicyclic) bond motifs is 6. The van der Waals surface area contributed by atoms with Crippen LogP contribution < -0.4 is 0 Å². The van der Waals surface area contributed by atoms with E-state index in [4.69, 9.17) is 0 Å². The SMILES string of the molecule is CCn1c2ccccc2c2cc(CCCc3ccc4c(c3)c3ccccc3n4CC)ccc21. The first-order chi connectivity index (χ1) is 16.3. The molecule has 0 amide bonds. The summed E-state index contributed by atoms with van der Waals surface area (Å²) < 4.78 is 4.85. The van der Waals surface area contributed by atoms with E-state index in [1.807, 2.05) is 0 Å². The fourth-order valence-corrected chi connectivity index (χ4v) is 5.69. The summed E-state index contributed by atoms with van der Waals surface area (Å²) in [4.78, 5) is 0. The molecule has 0 saturated carbocycles. The molecule has 2 nitrogen and oxygen atoms in total. The number of hydrogen-bond acceptors (Lipinski definition) is 0. The van der Waals surface area contributed by atoms with Crippen molar-refractivity contribution in [2.45, 2.75) is 46.2 Å². The molecule has 33 heavy (non-hydrogen) atoms. The van der Waals surface area contributed by atoms with Crippen molar-refractivity contribution < 1.29 is 0 Å². The fourth-order valence-electron chi connectivity index (χ4n) is 5.69. The van der Waals surface area contributed by atoms with Gasteiger partial charge in [-0.15, -0.1) is 0 Å². The van der Waals surface area contributed by atoms with Gasteiger partial charge in [-0.05, 0) is 80.6 Å². The largest absolute Gasteiger partial charge is 0.341 e. The van der Waals surface area contributed by atoms with Crippen molar-refractivity contribution in [3.63, 3.8) is 0 Å². The average molecular weight is 431 g/mol. The van der Waals surface area contributed by atoms with Crippen molar-refractivity contribution in [3.05, 3.63) is 96.1 Å². The summed E-state index contributed by atoms with van der Waals surface area (Å²) in [5.74, 6) is 0. The van der Waals surface area contributed by atoms with Crippen LogP contribution in [0.4, 0.5) is 0 Å². The monoisotopic (exact) mass is 430 g/mol. The van der Waals surface area contributed by atoms with Gasteiger partial charge in [-0.2, -0.15) is 0 Å². The van der Waals surface area contributed by atoms with Crippen LogP contribution in [0.5, 0.6) is 0 Å². The second-order valence-electron chi connectivity index (χ2n) is 9.08. The van der Waals surface area contributed by atoms with E-state index in [-0.39, 0.29) is 0 Å². The Balaban J connectivity index is 1.27. The van der Waals surface area contributed by atoms with Gasteiger partial charge in [-0.1, -0.05) is 48.5 Å². The zero-order valence-electron chi connectivity index (χ0n) is 19.5. The van der Waals surface area contributed by atoms with Gasteiger partial charge in [-0.25, -0.2) is 0 Å². The highest BCUT2D eigenvalue weighted by Crippen LogP contribution is 2.31. The van der Waals surface area contributed by atoms with Gasteiger partial charge in [0.15, 0.2) is 0 Å². The van der Waals surface area contributed by atoms with Crippen LogP contribution >= 0.6 is 0 Å². The molecule has 0 atom stereocenters. The highest BCUT2D eigenvalue weighted by Gasteiger charge is 2.11. The van der Waals surface area contributed by atoms with Crippen molar-refractivity contribution in [2.75, 3.05) is 0 Å². The zero-order chi connectivity index (χ0) is 22.4. The average Bonchev–Trinajstić information content (AvgIpc) is 3.35. The Kier molecular flexibility index (Phi) is 4.95. The molecule has 0 saturated heterocycles. The summed E-state index contributed by atoms with van der Waals surface area (Å²) in [7, 11) is 0. The van der Waals surface area contributed by atoms with Crippen LogP contribution in [0, 0.1) is 0 Å². The quantitative estimate of drug-likeness (QED) is 0.252. The Bertz CT molecular complexity index is 1490. The lowest BCUT2D eigenvalue weighted by Gasteiger charge is -2.06. The molecule has 0 aliphatic carbocycles. The standard InChI is InChI=1S/C31H30N2/c1-3-32-28-14-7-5-12-24(28)26-20-22(16-18-30(26)32)10-9-11-23-17-19-31-27(21-23)25-13-6-8-15-29(25)33(31)4-2/h5-8,12-21H,3-4,9-11H2,1-2H3. The highest BCUT2D eigenvalue weighted by molar-refractivity contribution is 6.09. The second kappa shape index (κ2) is 8.12. The molecular weight excluding hydrogens is 400 g/mol. The summed E-state index contributed by atoms with van der Waals surface area (Å²) in [5, 5.41) is 5.51. The Morgan fingerprint density at radius 3 is 1.36 bits per heavy atom. The first-order valence-electron chi connectivity index (χ1n) is 12.3. The van der Waals surface area contributed by atoms with E-state index in [1.165, 1.54) is 54.7 Å². The summed E-state index contributed by atoms with van der Waals surface area (Å²) in [6, 6.07) is 31.7. The van der Waals surface area contributed by atoms with Gasteiger partial charge < -0.3 is 9.13 Å². The normalized spacial score (nSPS) is 11.9. The summed E-state index contributed by atoms with van der Waals surface area (Å²) in [6.45, 7) is 6.46. The third-order valence-electron chi connectivity index (χ3n) is 7.24. The highest BCUT2D eigenvalue weighted by atomic mass is 15.0. The molecule has 0 bridgehead atoms. The van der Waals surface area contributed by atoms with Crippen LogP contribution in [-0.4, -0.2) is 9.13 Å². The van der Waals surface area contributed by atoms with Gasteiger partial charge in [0.1, 0.15) is 0 Å². The first-order valence-corrected chi connectivity index (χ1v) is 12.3. The second-order valence-corrected chi connectivity index (χ2v) is 9.08. The third kappa shape index (κ3) is 3.24. The van der Waals surface area contributed by atoms with E-state index in [0.29, 0.717) is 0 Å². The summed E-state index contributed by atoms with van der Waals surface area (Å²) in [5.41, 5.74) is 8.24. The molecular formula is C31H30N2. The van der Waals surface area contributed by atoms with Gasteiger partial charge in [0.2, 0.25) is 0 Å². The number of rotatable bonds is 6. The maximum atomic E-state index is 2.43. The van der Waals surface area contributed by atoms with Gasteiger partial charge in [0.05, 0.1) is 0 Å². The molecule has 2 heteroatoms. The molecule has 0 aliphatic rings. The predicted octanol–water partition coefficient (Wildman–Crippen LogP) is 8.12. The molecule has 2 heterocycles. The number of para-hydroxylation sites is 2. The molecule has 2 aromatic heterocycles. The van der Waals surface area contributed by atoms with E-state index in [0.717, 1.165) is 32.4 Å². The predicted molar refractivity (Wildman–Crippen MR) is 142 cm³/mol. The number of benzene rings is 4. The zero-order valence-corrected chi connectivity index (χ0v) is 19.5. The molecule has 0 aliphatic heterocycles. The van der Waals surface area contributed by atoms with Crippen LogP contribution in [0.1, 0.15) is 31.4 Å². The molecule has 0 radical (unpaired) electrons. The topological polar surface area (TPSA) is 9.86 Å². The van der Waals surface area contributed by atoms with Crippen molar-refractivity contribution >= 4 is 43.6 Å². The van der Waals surface area contributed by atoms with Gasteiger partial charge in [-0.3, -0.25) is 0 Å². The van der Waals surface area contributed by atoms with Crippen LogP contribution in [0.25, 0.3) is 43.6 Å². The minimum absolute atomic E-state index is 1.00. The van der Waals surface area contributed by atoms with Gasteiger partial charge in [0.25, 0.3) is 0 Å². The Hall–Kier alpha value is -3.52. The van der Waals surface area contributed by atoms with E-state index in [9.17, 15) is 0 Å². The molecule has 0 spiro atoms. The van der Waals surface area contributed by atoms with Gasteiger partial charge >= 0.3 is 0 Å². The minimum Gasteiger partial charge on any atom is -0.341 e. The van der Waals surface area contributed by atoms with E-state index >= 15 is 0 Å².